The van der Waals surface area contributed by atoms with Gasteiger partial charge in [0, 0.05) is 11.8 Å². The maximum atomic E-state index is 13.1. The number of rotatable bonds is 6. The molecule has 0 spiro atoms. The molecule has 0 fully saturated rings. The highest BCUT2D eigenvalue weighted by Crippen LogP contribution is 2.16. The minimum atomic E-state index is -0.744. The maximum Gasteiger partial charge on any atom is 0.337 e. The van der Waals surface area contributed by atoms with E-state index in [1.54, 1.807) is 0 Å². The van der Waals surface area contributed by atoms with Crippen molar-refractivity contribution < 1.29 is 28.2 Å². The lowest BCUT2D eigenvalue weighted by Crippen LogP contribution is -2.20. The zero-order chi connectivity index (χ0) is 19.8. The van der Waals surface area contributed by atoms with Crippen LogP contribution in [0.25, 0.3) is 6.08 Å². The van der Waals surface area contributed by atoms with Crippen molar-refractivity contribution in [2.75, 3.05) is 19.0 Å². The molecule has 6 nitrogen and oxygen atoms in total. The predicted octanol–water partition coefficient (Wildman–Crippen LogP) is 3.46. The van der Waals surface area contributed by atoms with Gasteiger partial charge < -0.3 is 14.8 Å². The van der Waals surface area contributed by atoms with E-state index in [2.05, 4.69) is 10.1 Å². The SMILES string of the molecule is COC(=O)c1ccc(NC(=O)COC(=O)/C=C/c2ccc(F)c(Cl)c2)cc1. The van der Waals surface area contributed by atoms with Gasteiger partial charge in [-0.3, -0.25) is 4.79 Å². The Morgan fingerprint density at radius 1 is 1.15 bits per heavy atom. The van der Waals surface area contributed by atoms with Gasteiger partial charge in [0.2, 0.25) is 0 Å². The summed E-state index contributed by atoms with van der Waals surface area (Å²) in [5.41, 5.74) is 1.28. The summed E-state index contributed by atoms with van der Waals surface area (Å²) in [6.07, 6.45) is 2.49. The van der Waals surface area contributed by atoms with E-state index in [9.17, 15) is 18.8 Å². The second kappa shape index (κ2) is 9.49. The fourth-order valence-corrected chi connectivity index (χ4v) is 2.16. The Hall–Kier alpha value is -3.19. The van der Waals surface area contributed by atoms with Crippen LogP contribution in [0.4, 0.5) is 10.1 Å². The molecule has 0 radical (unpaired) electrons. The summed E-state index contributed by atoms with van der Waals surface area (Å²) in [6.45, 7) is -0.494. The Balaban J connectivity index is 1.82. The van der Waals surface area contributed by atoms with Crippen LogP contribution in [-0.2, 0) is 19.1 Å². The van der Waals surface area contributed by atoms with Crippen molar-refractivity contribution in [3.05, 3.63) is 70.5 Å². The lowest BCUT2D eigenvalue weighted by atomic mass is 10.2. The van der Waals surface area contributed by atoms with Gasteiger partial charge in [0.25, 0.3) is 5.91 Å². The molecule has 1 amide bonds. The number of ether oxygens (including phenoxy) is 2. The number of nitrogens with one attached hydrogen (secondary N) is 1. The smallest absolute Gasteiger partial charge is 0.337 e. The predicted molar refractivity (Wildman–Crippen MR) is 97.8 cm³/mol. The normalized spacial score (nSPS) is 10.5. The number of esters is 2. The van der Waals surface area contributed by atoms with Gasteiger partial charge >= 0.3 is 11.9 Å². The minimum absolute atomic E-state index is 0.0666. The average molecular weight is 392 g/mol. The van der Waals surface area contributed by atoms with Crippen LogP contribution in [0, 0.1) is 5.82 Å². The molecule has 0 heterocycles. The largest absolute Gasteiger partial charge is 0.465 e. The third kappa shape index (κ3) is 6.23. The quantitative estimate of drug-likeness (QED) is 0.602. The number of hydrogen-bond donors (Lipinski definition) is 1. The van der Waals surface area contributed by atoms with Crippen LogP contribution in [0.2, 0.25) is 5.02 Å². The molecule has 1 N–H and O–H groups in total. The zero-order valence-corrected chi connectivity index (χ0v) is 15.0. The Bertz CT molecular complexity index is 880. The van der Waals surface area contributed by atoms with Crippen molar-refractivity contribution >= 4 is 41.2 Å². The Kier molecular flexibility index (Phi) is 7.08. The van der Waals surface area contributed by atoms with E-state index in [-0.39, 0.29) is 5.02 Å². The number of hydrogen-bond acceptors (Lipinski definition) is 5. The van der Waals surface area contributed by atoms with E-state index >= 15 is 0 Å². The van der Waals surface area contributed by atoms with E-state index in [0.29, 0.717) is 16.8 Å². The molecule has 8 heteroatoms. The van der Waals surface area contributed by atoms with Crippen molar-refractivity contribution in [2.24, 2.45) is 0 Å². The fraction of sp³-hybridized carbons (Fsp3) is 0.105. The van der Waals surface area contributed by atoms with E-state index < -0.39 is 30.3 Å². The molecule has 2 aromatic carbocycles. The topological polar surface area (TPSA) is 81.7 Å². The van der Waals surface area contributed by atoms with E-state index in [0.717, 1.165) is 6.08 Å². The second-order valence-electron chi connectivity index (χ2n) is 5.23. The minimum Gasteiger partial charge on any atom is -0.465 e. The summed E-state index contributed by atoms with van der Waals surface area (Å²) < 4.78 is 22.4. The van der Waals surface area contributed by atoms with Crippen LogP contribution in [0.1, 0.15) is 15.9 Å². The molecule has 0 atom stereocenters. The molecule has 2 rings (SSSR count). The number of carbonyl (C=O) groups is 3. The number of halogens is 2. The molecular formula is C19H15ClFNO5. The third-order valence-electron chi connectivity index (χ3n) is 3.29. The van der Waals surface area contributed by atoms with Gasteiger partial charge in [-0.1, -0.05) is 17.7 Å². The number of amides is 1. The molecule has 0 saturated heterocycles. The van der Waals surface area contributed by atoms with Crippen LogP contribution in [0.3, 0.4) is 0 Å². The van der Waals surface area contributed by atoms with Gasteiger partial charge in [0.15, 0.2) is 6.61 Å². The molecule has 0 saturated carbocycles. The highest BCUT2D eigenvalue weighted by molar-refractivity contribution is 6.30. The molecule has 140 valence electrons. The second-order valence-corrected chi connectivity index (χ2v) is 5.64. The summed E-state index contributed by atoms with van der Waals surface area (Å²) >= 11 is 5.64. The summed E-state index contributed by atoms with van der Waals surface area (Å²) in [5.74, 6) is -2.34. The van der Waals surface area contributed by atoms with Crippen molar-refractivity contribution in [1.29, 1.82) is 0 Å². The van der Waals surface area contributed by atoms with Gasteiger partial charge in [-0.15, -0.1) is 0 Å². The first-order chi connectivity index (χ1) is 12.9. The van der Waals surface area contributed by atoms with Crippen molar-refractivity contribution in [1.82, 2.24) is 0 Å². The van der Waals surface area contributed by atoms with Crippen molar-refractivity contribution in [2.45, 2.75) is 0 Å². The number of methoxy groups -OCH3 is 1. The molecule has 0 aliphatic carbocycles. The molecule has 0 aliphatic heterocycles. The number of benzene rings is 2. The molecule has 27 heavy (non-hydrogen) atoms. The summed E-state index contributed by atoms with van der Waals surface area (Å²) in [4.78, 5) is 34.7. The lowest BCUT2D eigenvalue weighted by Gasteiger charge is -2.06. The van der Waals surface area contributed by atoms with Gasteiger partial charge in [-0.05, 0) is 48.0 Å². The molecule has 0 aromatic heterocycles. The maximum absolute atomic E-state index is 13.1. The molecular weight excluding hydrogens is 377 g/mol. The van der Waals surface area contributed by atoms with Crippen LogP contribution in [-0.4, -0.2) is 31.6 Å². The van der Waals surface area contributed by atoms with Crippen LogP contribution in [0.5, 0.6) is 0 Å². The Morgan fingerprint density at radius 3 is 2.48 bits per heavy atom. The first-order valence-electron chi connectivity index (χ1n) is 7.67. The summed E-state index contributed by atoms with van der Waals surface area (Å²) in [7, 11) is 1.27. The highest BCUT2D eigenvalue weighted by Gasteiger charge is 2.08. The van der Waals surface area contributed by atoms with Crippen LogP contribution < -0.4 is 5.32 Å². The first kappa shape index (κ1) is 20.1. The average Bonchev–Trinajstić information content (AvgIpc) is 2.67. The summed E-state index contributed by atoms with van der Waals surface area (Å²) in [6, 6.07) is 9.98. The monoisotopic (exact) mass is 391 g/mol. The van der Waals surface area contributed by atoms with Crippen LogP contribution >= 0.6 is 11.6 Å². The van der Waals surface area contributed by atoms with Crippen LogP contribution in [0.15, 0.2) is 48.5 Å². The Labute approximate surface area is 159 Å². The van der Waals surface area contributed by atoms with Crippen molar-refractivity contribution in [3.63, 3.8) is 0 Å². The van der Waals surface area contributed by atoms with Crippen molar-refractivity contribution in [3.8, 4) is 0 Å². The van der Waals surface area contributed by atoms with Gasteiger partial charge in [-0.25, -0.2) is 14.0 Å². The zero-order valence-electron chi connectivity index (χ0n) is 14.2. The summed E-state index contributed by atoms with van der Waals surface area (Å²) in [5, 5.41) is 2.45. The van der Waals surface area contributed by atoms with Gasteiger partial charge in [0.1, 0.15) is 5.82 Å². The van der Waals surface area contributed by atoms with Gasteiger partial charge in [-0.2, -0.15) is 0 Å². The number of anilines is 1. The number of carbonyl (C=O) groups excluding carboxylic acids is 3. The standard InChI is InChI=1S/C19H15ClFNO5/c1-26-19(25)13-4-6-14(7-5-13)22-17(23)11-27-18(24)9-3-12-2-8-16(21)15(20)10-12/h2-10H,11H2,1H3,(H,22,23)/b9-3+. The Morgan fingerprint density at radius 2 is 1.85 bits per heavy atom. The van der Waals surface area contributed by atoms with E-state index in [4.69, 9.17) is 16.3 Å². The van der Waals surface area contributed by atoms with Gasteiger partial charge in [0.05, 0.1) is 17.7 Å². The highest BCUT2D eigenvalue weighted by atomic mass is 35.5. The molecule has 0 unspecified atom stereocenters. The molecule has 0 aliphatic rings. The fourth-order valence-electron chi connectivity index (χ4n) is 1.97. The first-order valence-corrected chi connectivity index (χ1v) is 8.05. The third-order valence-corrected chi connectivity index (χ3v) is 3.58. The lowest BCUT2D eigenvalue weighted by molar-refractivity contribution is -0.142. The molecule has 2 aromatic rings. The van der Waals surface area contributed by atoms with E-state index in [1.165, 1.54) is 55.7 Å². The van der Waals surface area contributed by atoms with E-state index in [1.807, 2.05) is 0 Å². The molecule has 0 bridgehead atoms.